The molecule has 1 aliphatic heterocycles. The summed E-state index contributed by atoms with van der Waals surface area (Å²) in [6, 6.07) is 16.6. The molecule has 4 amide bonds. The number of carbonyl (C=O) groups excluding carboxylic acids is 3. The van der Waals surface area contributed by atoms with Crippen molar-refractivity contribution in [2.45, 2.75) is 6.61 Å². The van der Waals surface area contributed by atoms with Gasteiger partial charge in [0.05, 0.1) is 22.2 Å². The van der Waals surface area contributed by atoms with Gasteiger partial charge in [-0.1, -0.05) is 18.2 Å². The van der Waals surface area contributed by atoms with E-state index >= 15 is 0 Å². The number of imide groups is 2. The number of carbonyl (C=O) groups is 3. The Morgan fingerprint density at radius 3 is 2.39 bits per heavy atom. The van der Waals surface area contributed by atoms with E-state index in [4.69, 9.17) is 9.47 Å². The van der Waals surface area contributed by atoms with Crippen molar-refractivity contribution in [1.82, 2.24) is 5.32 Å². The Balaban J connectivity index is 1.60. The molecular formula is C25H18BrN3O7. The van der Waals surface area contributed by atoms with Crippen molar-refractivity contribution >= 4 is 51.2 Å². The van der Waals surface area contributed by atoms with Crippen molar-refractivity contribution in [1.29, 1.82) is 0 Å². The van der Waals surface area contributed by atoms with Crippen LogP contribution in [0.3, 0.4) is 0 Å². The van der Waals surface area contributed by atoms with Gasteiger partial charge >= 0.3 is 6.03 Å². The first-order chi connectivity index (χ1) is 17.3. The summed E-state index contributed by atoms with van der Waals surface area (Å²) in [5, 5.41) is 13.0. The van der Waals surface area contributed by atoms with Gasteiger partial charge in [0, 0.05) is 12.1 Å². The van der Waals surface area contributed by atoms with Crippen LogP contribution in [0.15, 0.2) is 76.8 Å². The Kier molecular flexibility index (Phi) is 7.11. The van der Waals surface area contributed by atoms with E-state index in [1.165, 1.54) is 25.3 Å². The van der Waals surface area contributed by atoms with Gasteiger partial charge in [-0.05, 0) is 69.5 Å². The third kappa shape index (κ3) is 5.10. The number of urea groups is 1. The molecule has 4 rings (SSSR count). The van der Waals surface area contributed by atoms with Crippen molar-refractivity contribution < 1.29 is 28.8 Å². The smallest absolute Gasteiger partial charge is 0.335 e. The van der Waals surface area contributed by atoms with Crippen molar-refractivity contribution in [3.05, 3.63) is 98.0 Å². The minimum absolute atomic E-state index is 0.0243. The highest BCUT2D eigenvalue weighted by Gasteiger charge is 2.36. The van der Waals surface area contributed by atoms with E-state index in [1.807, 2.05) is 0 Å². The van der Waals surface area contributed by atoms with Gasteiger partial charge in [0.1, 0.15) is 12.2 Å². The van der Waals surface area contributed by atoms with Crippen LogP contribution in [-0.4, -0.2) is 29.9 Å². The minimum Gasteiger partial charge on any atom is -0.493 e. The number of barbiturate groups is 1. The highest BCUT2D eigenvalue weighted by molar-refractivity contribution is 9.10. The van der Waals surface area contributed by atoms with Crippen molar-refractivity contribution in [2.24, 2.45) is 0 Å². The fraction of sp³-hybridized carbons (Fsp3) is 0.0800. The number of hydrogen-bond donors (Lipinski definition) is 1. The molecule has 1 fully saturated rings. The summed E-state index contributed by atoms with van der Waals surface area (Å²) in [5.74, 6) is -0.898. The highest BCUT2D eigenvalue weighted by Crippen LogP contribution is 2.38. The molecule has 182 valence electrons. The molecule has 0 bridgehead atoms. The number of methoxy groups -OCH3 is 1. The number of non-ortho nitro benzene ring substituents is 1. The highest BCUT2D eigenvalue weighted by atomic mass is 79.9. The molecule has 1 N–H and O–H groups in total. The molecular weight excluding hydrogens is 534 g/mol. The molecule has 3 aromatic carbocycles. The number of benzene rings is 3. The maximum atomic E-state index is 13.0. The van der Waals surface area contributed by atoms with E-state index in [9.17, 15) is 24.5 Å². The summed E-state index contributed by atoms with van der Waals surface area (Å²) in [5.41, 5.74) is 1.22. The first-order valence-electron chi connectivity index (χ1n) is 10.5. The number of halogens is 1. The summed E-state index contributed by atoms with van der Waals surface area (Å²) < 4.78 is 11.8. The van der Waals surface area contributed by atoms with Crippen molar-refractivity contribution in [2.75, 3.05) is 12.0 Å². The summed E-state index contributed by atoms with van der Waals surface area (Å²) in [7, 11) is 1.44. The van der Waals surface area contributed by atoms with E-state index in [1.54, 1.807) is 54.6 Å². The summed E-state index contributed by atoms with van der Waals surface area (Å²) in [4.78, 5) is 49.1. The second-order valence-corrected chi connectivity index (χ2v) is 8.39. The fourth-order valence-electron chi connectivity index (χ4n) is 3.47. The van der Waals surface area contributed by atoms with Gasteiger partial charge in [0.25, 0.3) is 17.5 Å². The zero-order valence-electron chi connectivity index (χ0n) is 18.8. The van der Waals surface area contributed by atoms with Crippen LogP contribution in [0.4, 0.5) is 16.2 Å². The molecule has 36 heavy (non-hydrogen) atoms. The number of ether oxygens (including phenoxy) is 2. The number of nitro groups is 1. The summed E-state index contributed by atoms with van der Waals surface area (Å²) in [6.45, 7) is 0.114. The maximum Gasteiger partial charge on any atom is 0.335 e. The lowest BCUT2D eigenvalue weighted by Crippen LogP contribution is -2.54. The maximum absolute atomic E-state index is 13.0. The zero-order chi connectivity index (χ0) is 25.8. The Bertz CT molecular complexity index is 1390. The largest absolute Gasteiger partial charge is 0.493 e. The predicted octanol–water partition coefficient (Wildman–Crippen LogP) is 4.61. The molecule has 0 radical (unpaired) electrons. The molecule has 1 heterocycles. The molecule has 0 spiro atoms. The Morgan fingerprint density at radius 2 is 1.75 bits per heavy atom. The number of nitrogens with one attached hydrogen (secondary N) is 1. The molecule has 3 aromatic rings. The van der Waals surface area contributed by atoms with Crippen LogP contribution in [0.1, 0.15) is 11.1 Å². The first-order valence-corrected chi connectivity index (χ1v) is 11.3. The number of nitrogens with zero attached hydrogens (tertiary/aromatic N) is 2. The molecule has 11 heteroatoms. The second-order valence-electron chi connectivity index (χ2n) is 7.54. The van der Waals surface area contributed by atoms with E-state index in [2.05, 4.69) is 21.2 Å². The quantitative estimate of drug-likeness (QED) is 0.196. The van der Waals surface area contributed by atoms with Crippen LogP contribution in [0, 0.1) is 10.1 Å². The van der Waals surface area contributed by atoms with Crippen molar-refractivity contribution in [3.63, 3.8) is 0 Å². The fourth-order valence-corrected chi connectivity index (χ4v) is 4.04. The van der Waals surface area contributed by atoms with Gasteiger partial charge in [-0.2, -0.15) is 0 Å². The first kappa shape index (κ1) is 24.6. The summed E-state index contributed by atoms with van der Waals surface area (Å²) in [6.07, 6.45) is 1.35. The van der Waals surface area contributed by atoms with Gasteiger partial charge in [0.2, 0.25) is 0 Å². The average molecular weight is 552 g/mol. The third-order valence-electron chi connectivity index (χ3n) is 5.21. The predicted molar refractivity (Wildman–Crippen MR) is 134 cm³/mol. The van der Waals surface area contributed by atoms with Crippen LogP contribution in [0.25, 0.3) is 6.08 Å². The van der Waals surface area contributed by atoms with Crippen LogP contribution in [-0.2, 0) is 16.2 Å². The van der Waals surface area contributed by atoms with Crippen LogP contribution in [0.5, 0.6) is 11.5 Å². The number of amides is 4. The van der Waals surface area contributed by atoms with Gasteiger partial charge in [-0.3, -0.25) is 25.0 Å². The Hall–Kier alpha value is -4.51. The van der Waals surface area contributed by atoms with Gasteiger partial charge in [-0.25, -0.2) is 9.69 Å². The second kappa shape index (κ2) is 10.4. The molecule has 0 atom stereocenters. The molecule has 0 aliphatic carbocycles. The standard InChI is InChI=1S/C25H18BrN3O7/c1-35-21-13-16(12-20(26)22(21)36-14-15-7-9-18(10-8-15)29(33)34)11-19-23(30)27-25(32)28(24(19)31)17-5-3-2-4-6-17/h2-13H,14H2,1H3,(H,27,30,32). The van der Waals surface area contributed by atoms with E-state index in [0.717, 1.165) is 4.90 Å². The summed E-state index contributed by atoms with van der Waals surface area (Å²) >= 11 is 3.42. The molecule has 0 aromatic heterocycles. The molecule has 0 saturated carbocycles. The lowest BCUT2D eigenvalue weighted by Gasteiger charge is -2.26. The Labute approximate surface area is 213 Å². The van der Waals surface area contributed by atoms with E-state index in [0.29, 0.717) is 32.8 Å². The lowest BCUT2D eigenvalue weighted by molar-refractivity contribution is -0.384. The number of nitro benzene ring substituents is 1. The third-order valence-corrected chi connectivity index (χ3v) is 5.80. The molecule has 1 saturated heterocycles. The molecule has 10 nitrogen and oxygen atoms in total. The van der Waals surface area contributed by atoms with E-state index in [-0.39, 0.29) is 17.9 Å². The van der Waals surface area contributed by atoms with Crippen molar-refractivity contribution in [3.8, 4) is 11.5 Å². The number of rotatable bonds is 7. The molecule has 1 aliphatic rings. The average Bonchev–Trinajstić information content (AvgIpc) is 2.86. The minimum atomic E-state index is -0.831. The molecule has 0 unspecified atom stereocenters. The topological polar surface area (TPSA) is 128 Å². The van der Waals surface area contributed by atoms with Gasteiger partial charge in [0.15, 0.2) is 11.5 Å². The number of hydrogen-bond acceptors (Lipinski definition) is 7. The number of anilines is 1. The van der Waals surface area contributed by atoms with E-state index < -0.39 is 22.8 Å². The lowest BCUT2D eigenvalue weighted by atomic mass is 10.1. The monoisotopic (exact) mass is 551 g/mol. The van der Waals surface area contributed by atoms with Crippen LogP contribution < -0.4 is 19.7 Å². The Morgan fingerprint density at radius 1 is 1.06 bits per heavy atom. The van der Waals surface area contributed by atoms with Crippen LogP contribution >= 0.6 is 15.9 Å². The zero-order valence-corrected chi connectivity index (χ0v) is 20.4. The normalized spacial score (nSPS) is 14.6. The number of para-hydroxylation sites is 1. The van der Waals surface area contributed by atoms with Gasteiger partial charge in [-0.15, -0.1) is 0 Å². The SMILES string of the molecule is COc1cc(C=C2C(=O)NC(=O)N(c3ccccc3)C2=O)cc(Br)c1OCc1ccc([N+](=O)[O-])cc1. The van der Waals surface area contributed by atoms with Crippen LogP contribution in [0.2, 0.25) is 0 Å². The van der Waals surface area contributed by atoms with Gasteiger partial charge < -0.3 is 9.47 Å².